The van der Waals surface area contributed by atoms with Gasteiger partial charge in [-0.3, -0.25) is 4.99 Å². The molecular formula is C16H25N3O2. The highest BCUT2D eigenvalue weighted by molar-refractivity contribution is 5.79. The number of benzene rings is 1. The number of aliphatic imine (C=N–C) groups is 1. The van der Waals surface area contributed by atoms with Gasteiger partial charge in [0, 0.05) is 13.1 Å². The van der Waals surface area contributed by atoms with Gasteiger partial charge in [0.05, 0.1) is 6.54 Å². The Hall–Kier alpha value is -1.91. The molecule has 1 aromatic rings. The molecule has 2 atom stereocenters. The summed E-state index contributed by atoms with van der Waals surface area (Å²) in [5.41, 5.74) is 0. The fraction of sp³-hybridized carbons (Fsp3) is 0.562. The number of guanidine groups is 1. The second kappa shape index (κ2) is 7.20. The van der Waals surface area contributed by atoms with Gasteiger partial charge in [0.2, 0.25) is 0 Å². The van der Waals surface area contributed by atoms with Gasteiger partial charge in [-0.2, -0.15) is 0 Å². The average molecular weight is 291 g/mol. The molecule has 0 fully saturated rings. The predicted molar refractivity (Wildman–Crippen MR) is 85.2 cm³/mol. The second-order valence-corrected chi connectivity index (χ2v) is 5.63. The number of hydrogen-bond acceptors (Lipinski definition) is 3. The average Bonchev–Trinajstić information content (AvgIpc) is 2.50. The number of hydrogen-bond donors (Lipinski definition) is 2. The van der Waals surface area contributed by atoms with Gasteiger partial charge in [-0.25, -0.2) is 0 Å². The Morgan fingerprint density at radius 2 is 2.00 bits per heavy atom. The summed E-state index contributed by atoms with van der Waals surface area (Å²) >= 11 is 0. The highest BCUT2D eigenvalue weighted by Crippen LogP contribution is 2.30. The SMILES string of the molecule is CN=C(NCC1COc2ccccc2O1)NC(C)C(C)C. The maximum atomic E-state index is 5.91. The summed E-state index contributed by atoms with van der Waals surface area (Å²) < 4.78 is 11.6. The van der Waals surface area contributed by atoms with Crippen LogP contribution in [0.15, 0.2) is 29.3 Å². The monoisotopic (exact) mass is 291 g/mol. The molecule has 1 aromatic carbocycles. The third-order valence-electron chi connectivity index (χ3n) is 3.65. The second-order valence-electron chi connectivity index (χ2n) is 5.63. The lowest BCUT2D eigenvalue weighted by atomic mass is 10.1. The Bertz CT molecular complexity index is 488. The smallest absolute Gasteiger partial charge is 0.191 e. The van der Waals surface area contributed by atoms with E-state index in [0.29, 0.717) is 25.1 Å². The minimum absolute atomic E-state index is 0.0205. The van der Waals surface area contributed by atoms with E-state index in [1.165, 1.54) is 0 Å². The van der Waals surface area contributed by atoms with Crippen molar-refractivity contribution in [1.82, 2.24) is 10.6 Å². The first-order chi connectivity index (χ1) is 10.1. The van der Waals surface area contributed by atoms with Crippen molar-refractivity contribution in [1.29, 1.82) is 0 Å². The fourth-order valence-electron chi connectivity index (χ4n) is 1.95. The normalized spacial score (nSPS) is 19.3. The van der Waals surface area contributed by atoms with Crippen LogP contribution in [0.2, 0.25) is 0 Å². The number of rotatable bonds is 4. The maximum Gasteiger partial charge on any atom is 0.191 e. The van der Waals surface area contributed by atoms with Gasteiger partial charge in [0.1, 0.15) is 12.7 Å². The van der Waals surface area contributed by atoms with E-state index in [9.17, 15) is 0 Å². The molecule has 0 saturated heterocycles. The van der Waals surface area contributed by atoms with Gasteiger partial charge in [0.15, 0.2) is 17.5 Å². The summed E-state index contributed by atoms with van der Waals surface area (Å²) in [7, 11) is 1.77. The minimum Gasteiger partial charge on any atom is -0.486 e. The van der Waals surface area contributed by atoms with E-state index >= 15 is 0 Å². The highest BCUT2D eigenvalue weighted by Gasteiger charge is 2.21. The number of para-hydroxylation sites is 2. The van der Waals surface area contributed by atoms with Gasteiger partial charge in [0.25, 0.3) is 0 Å². The molecular weight excluding hydrogens is 266 g/mol. The van der Waals surface area contributed by atoms with Crippen LogP contribution in [0.1, 0.15) is 20.8 Å². The Morgan fingerprint density at radius 1 is 1.29 bits per heavy atom. The molecule has 0 spiro atoms. The predicted octanol–water partition coefficient (Wildman–Crippen LogP) is 2.04. The molecule has 1 heterocycles. The molecule has 0 aromatic heterocycles. The van der Waals surface area contributed by atoms with Crippen LogP contribution in [-0.4, -0.2) is 38.3 Å². The summed E-state index contributed by atoms with van der Waals surface area (Å²) in [6, 6.07) is 8.10. The molecule has 21 heavy (non-hydrogen) atoms. The summed E-state index contributed by atoms with van der Waals surface area (Å²) in [6.07, 6.45) is -0.0205. The maximum absolute atomic E-state index is 5.91. The fourth-order valence-corrected chi connectivity index (χ4v) is 1.95. The highest BCUT2D eigenvalue weighted by atomic mass is 16.6. The van der Waals surface area contributed by atoms with Crippen molar-refractivity contribution in [3.05, 3.63) is 24.3 Å². The molecule has 5 nitrogen and oxygen atoms in total. The molecule has 0 aliphatic carbocycles. The topological polar surface area (TPSA) is 54.9 Å². The number of fused-ring (bicyclic) bond motifs is 1. The van der Waals surface area contributed by atoms with E-state index in [2.05, 4.69) is 36.4 Å². The molecule has 2 N–H and O–H groups in total. The molecule has 0 radical (unpaired) electrons. The quantitative estimate of drug-likeness (QED) is 0.658. The first-order valence-electron chi connectivity index (χ1n) is 7.45. The van der Waals surface area contributed by atoms with Gasteiger partial charge in [-0.05, 0) is 25.0 Å². The zero-order valence-corrected chi connectivity index (χ0v) is 13.2. The van der Waals surface area contributed by atoms with E-state index in [4.69, 9.17) is 9.47 Å². The van der Waals surface area contributed by atoms with Crippen LogP contribution in [0.4, 0.5) is 0 Å². The third-order valence-corrected chi connectivity index (χ3v) is 3.65. The Morgan fingerprint density at radius 3 is 2.67 bits per heavy atom. The number of ether oxygens (including phenoxy) is 2. The van der Waals surface area contributed by atoms with Crippen molar-refractivity contribution in [2.24, 2.45) is 10.9 Å². The van der Waals surface area contributed by atoms with Gasteiger partial charge in [-0.1, -0.05) is 26.0 Å². The van der Waals surface area contributed by atoms with Crippen molar-refractivity contribution in [2.45, 2.75) is 32.9 Å². The molecule has 116 valence electrons. The molecule has 1 aliphatic heterocycles. The number of nitrogens with zero attached hydrogens (tertiary/aromatic N) is 1. The Kier molecular flexibility index (Phi) is 5.31. The van der Waals surface area contributed by atoms with E-state index in [0.717, 1.165) is 17.5 Å². The van der Waals surface area contributed by atoms with Gasteiger partial charge >= 0.3 is 0 Å². The lowest BCUT2D eigenvalue weighted by molar-refractivity contribution is 0.0935. The zero-order chi connectivity index (χ0) is 15.2. The molecule has 0 amide bonds. The van der Waals surface area contributed by atoms with Crippen LogP contribution in [0.3, 0.4) is 0 Å². The van der Waals surface area contributed by atoms with Crippen LogP contribution < -0.4 is 20.1 Å². The van der Waals surface area contributed by atoms with E-state index < -0.39 is 0 Å². The van der Waals surface area contributed by atoms with Crippen molar-refractivity contribution in [3.63, 3.8) is 0 Å². The lowest BCUT2D eigenvalue weighted by Crippen LogP contribution is -2.48. The summed E-state index contributed by atoms with van der Waals surface area (Å²) in [6.45, 7) is 7.70. The molecule has 1 aliphatic rings. The van der Waals surface area contributed by atoms with Crippen LogP contribution >= 0.6 is 0 Å². The third kappa shape index (κ3) is 4.28. The van der Waals surface area contributed by atoms with Gasteiger partial charge in [-0.15, -0.1) is 0 Å². The number of nitrogens with one attached hydrogen (secondary N) is 2. The standard InChI is InChI=1S/C16H25N3O2/c1-11(2)12(3)19-16(17-4)18-9-13-10-20-14-7-5-6-8-15(14)21-13/h5-8,11-13H,9-10H2,1-4H3,(H2,17,18,19). The van der Waals surface area contributed by atoms with Crippen molar-refractivity contribution >= 4 is 5.96 Å². The summed E-state index contributed by atoms with van der Waals surface area (Å²) in [4.78, 5) is 4.24. The van der Waals surface area contributed by atoms with E-state index in [-0.39, 0.29) is 6.10 Å². The molecule has 2 rings (SSSR count). The molecule has 5 heteroatoms. The Labute approximate surface area is 126 Å². The van der Waals surface area contributed by atoms with Crippen molar-refractivity contribution in [3.8, 4) is 11.5 Å². The zero-order valence-electron chi connectivity index (χ0n) is 13.2. The molecule has 0 saturated carbocycles. The molecule has 2 unspecified atom stereocenters. The van der Waals surface area contributed by atoms with E-state index in [1.54, 1.807) is 7.05 Å². The van der Waals surface area contributed by atoms with E-state index in [1.807, 2.05) is 24.3 Å². The van der Waals surface area contributed by atoms with Crippen LogP contribution in [0.5, 0.6) is 11.5 Å². The minimum atomic E-state index is -0.0205. The summed E-state index contributed by atoms with van der Waals surface area (Å²) in [5.74, 6) is 2.95. The summed E-state index contributed by atoms with van der Waals surface area (Å²) in [5, 5.41) is 6.66. The molecule has 0 bridgehead atoms. The lowest BCUT2D eigenvalue weighted by Gasteiger charge is -2.28. The Balaban J connectivity index is 1.83. The largest absolute Gasteiger partial charge is 0.486 e. The van der Waals surface area contributed by atoms with Crippen LogP contribution in [0, 0.1) is 5.92 Å². The first-order valence-corrected chi connectivity index (χ1v) is 7.45. The van der Waals surface area contributed by atoms with Crippen molar-refractivity contribution < 1.29 is 9.47 Å². The van der Waals surface area contributed by atoms with Crippen LogP contribution in [0.25, 0.3) is 0 Å². The van der Waals surface area contributed by atoms with Crippen LogP contribution in [-0.2, 0) is 0 Å². The van der Waals surface area contributed by atoms with Crippen molar-refractivity contribution in [2.75, 3.05) is 20.2 Å². The first kappa shape index (κ1) is 15.5. The van der Waals surface area contributed by atoms with Gasteiger partial charge < -0.3 is 20.1 Å².